The summed E-state index contributed by atoms with van der Waals surface area (Å²) < 4.78 is 5.42. The number of morpholine rings is 1. The molecule has 0 spiro atoms. The molecule has 1 atom stereocenters. The minimum absolute atomic E-state index is 0.0711. The Kier molecular flexibility index (Phi) is 5.35. The second-order valence-electron chi connectivity index (χ2n) is 5.59. The van der Waals surface area contributed by atoms with Gasteiger partial charge in [-0.2, -0.15) is 5.10 Å². The first-order valence-electron chi connectivity index (χ1n) is 7.95. The average molecular weight is 328 g/mol. The number of nitrogens with zero attached hydrogens (tertiary/aromatic N) is 2. The zero-order valence-corrected chi connectivity index (χ0v) is 13.3. The van der Waals surface area contributed by atoms with Gasteiger partial charge in [0, 0.05) is 25.7 Å². The minimum Gasteiger partial charge on any atom is -0.379 e. The van der Waals surface area contributed by atoms with Gasteiger partial charge in [-0.05, 0) is 11.6 Å². The second-order valence-corrected chi connectivity index (χ2v) is 5.59. The van der Waals surface area contributed by atoms with Crippen molar-refractivity contribution in [1.29, 1.82) is 0 Å². The number of carbonyl (C=O) groups is 1. The fourth-order valence-corrected chi connectivity index (χ4v) is 2.77. The molecule has 1 aliphatic heterocycles. The summed E-state index contributed by atoms with van der Waals surface area (Å²) in [5.41, 5.74) is 1.01. The van der Waals surface area contributed by atoms with E-state index in [0.29, 0.717) is 19.8 Å². The lowest BCUT2D eigenvalue weighted by molar-refractivity contribution is 0.0162. The Morgan fingerprint density at radius 1 is 1.21 bits per heavy atom. The molecule has 1 fully saturated rings. The van der Waals surface area contributed by atoms with Crippen LogP contribution in [0.15, 0.2) is 47.3 Å². The number of ether oxygens (including phenoxy) is 1. The third-order valence-corrected chi connectivity index (χ3v) is 4.04. The van der Waals surface area contributed by atoms with E-state index >= 15 is 0 Å². The lowest BCUT2D eigenvalue weighted by Gasteiger charge is -2.34. The number of carbonyl (C=O) groups excluding carboxylic acids is 1. The summed E-state index contributed by atoms with van der Waals surface area (Å²) in [5, 5.41) is 8.94. The van der Waals surface area contributed by atoms with Crippen molar-refractivity contribution in [1.82, 2.24) is 20.4 Å². The van der Waals surface area contributed by atoms with Crippen LogP contribution in [0, 0.1) is 0 Å². The monoisotopic (exact) mass is 328 g/mol. The van der Waals surface area contributed by atoms with Gasteiger partial charge in [0.1, 0.15) is 5.69 Å². The largest absolute Gasteiger partial charge is 0.379 e. The molecule has 126 valence electrons. The maximum Gasteiger partial charge on any atom is 0.271 e. The summed E-state index contributed by atoms with van der Waals surface area (Å²) in [4.78, 5) is 25.6. The van der Waals surface area contributed by atoms with E-state index in [-0.39, 0.29) is 23.2 Å². The maximum absolute atomic E-state index is 12.2. The molecule has 0 radical (unpaired) electrons. The van der Waals surface area contributed by atoms with Gasteiger partial charge in [-0.15, -0.1) is 0 Å². The maximum atomic E-state index is 12.2. The van der Waals surface area contributed by atoms with E-state index in [0.717, 1.165) is 18.7 Å². The van der Waals surface area contributed by atoms with Crippen molar-refractivity contribution in [2.24, 2.45) is 0 Å². The van der Waals surface area contributed by atoms with Crippen LogP contribution >= 0.6 is 0 Å². The van der Waals surface area contributed by atoms with Gasteiger partial charge in [0.25, 0.3) is 11.5 Å². The predicted octanol–water partition coefficient (Wildman–Crippen LogP) is 0.573. The average Bonchev–Trinajstić information content (AvgIpc) is 2.64. The molecule has 1 saturated heterocycles. The molecule has 2 heterocycles. The number of aromatic nitrogens is 2. The molecule has 1 aromatic carbocycles. The number of rotatable bonds is 5. The predicted molar refractivity (Wildman–Crippen MR) is 88.8 cm³/mol. The molecule has 2 aromatic rings. The quantitative estimate of drug-likeness (QED) is 0.838. The molecular formula is C17H20N4O3. The van der Waals surface area contributed by atoms with Gasteiger partial charge >= 0.3 is 0 Å². The number of nitrogens with one attached hydrogen (secondary N) is 2. The Morgan fingerprint density at radius 3 is 2.62 bits per heavy atom. The van der Waals surface area contributed by atoms with E-state index in [2.05, 4.69) is 32.5 Å². The topological polar surface area (TPSA) is 87.3 Å². The number of benzene rings is 1. The molecular weight excluding hydrogens is 308 g/mol. The van der Waals surface area contributed by atoms with Crippen LogP contribution in [0.2, 0.25) is 0 Å². The highest BCUT2D eigenvalue weighted by Gasteiger charge is 2.23. The van der Waals surface area contributed by atoms with E-state index in [1.54, 1.807) is 0 Å². The molecule has 1 aliphatic rings. The number of hydrogen-bond acceptors (Lipinski definition) is 5. The number of H-pyrrole nitrogens is 1. The van der Waals surface area contributed by atoms with Crippen LogP contribution in [0.25, 0.3) is 0 Å². The Hall–Kier alpha value is -2.51. The fourth-order valence-electron chi connectivity index (χ4n) is 2.77. The van der Waals surface area contributed by atoms with Crippen molar-refractivity contribution in [3.63, 3.8) is 0 Å². The Labute approximate surface area is 139 Å². The molecule has 0 saturated carbocycles. The fraction of sp³-hybridized carbons (Fsp3) is 0.353. The van der Waals surface area contributed by atoms with Crippen LogP contribution in [0.1, 0.15) is 22.1 Å². The molecule has 1 amide bonds. The van der Waals surface area contributed by atoms with E-state index in [1.807, 2.05) is 18.2 Å². The standard InChI is InChI=1S/C17H20N4O3/c22-16-7-6-14(19-20-16)17(23)18-12-15(13-4-2-1-3-5-13)21-8-10-24-11-9-21/h1-7,15H,8-12H2,(H,18,23)(H,20,22)/t15-/m1/s1. The van der Waals surface area contributed by atoms with E-state index in [4.69, 9.17) is 4.74 Å². The highest BCUT2D eigenvalue weighted by atomic mass is 16.5. The van der Waals surface area contributed by atoms with Crippen molar-refractivity contribution in [3.8, 4) is 0 Å². The molecule has 24 heavy (non-hydrogen) atoms. The van der Waals surface area contributed by atoms with Gasteiger partial charge in [0.05, 0.1) is 19.3 Å². The zero-order chi connectivity index (χ0) is 16.8. The summed E-state index contributed by atoms with van der Waals surface area (Å²) in [7, 11) is 0. The molecule has 1 aromatic heterocycles. The van der Waals surface area contributed by atoms with Crippen LogP contribution in [-0.4, -0.2) is 53.9 Å². The highest BCUT2D eigenvalue weighted by molar-refractivity contribution is 5.91. The summed E-state index contributed by atoms with van der Waals surface area (Å²) in [6.45, 7) is 3.50. The van der Waals surface area contributed by atoms with Gasteiger partial charge in [-0.25, -0.2) is 5.10 Å². The summed E-state index contributed by atoms with van der Waals surface area (Å²) in [5.74, 6) is -0.305. The Bertz CT molecular complexity index is 706. The number of hydrogen-bond donors (Lipinski definition) is 2. The van der Waals surface area contributed by atoms with Crippen molar-refractivity contribution in [2.45, 2.75) is 6.04 Å². The van der Waals surface area contributed by atoms with Gasteiger partial charge in [-0.1, -0.05) is 30.3 Å². The lowest BCUT2D eigenvalue weighted by Crippen LogP contribution is -2.44. The van der Waals surface area contributed by atoms with Crippen LogP contribution in [0.4, 0.5) is 0 Å². The number of aromatic amines is 1. The first kappa shape index (κ1) is 16.4. The van der Waals surface area contributed by atoms with Crippen molar-refractivity contribution in [2.75, 3.05) is 32.8 Å². The molecule has 0 bridgehead atoms. The van der Waals surface area contributed by atoms with Crippen LogP contribution in [-0.2, 0) is 4.74 Å². The first-order valence-corrected chi connectivity index (χ1v) is 7.95. The molecule has 0 aliphatic carbocycles. The van der Waals surface area contributed by atoms with Gasteiger partial charge in [-0.3, -0.25) is 14.5 Å². The van der Waals surface area contributed by atoms with Gasteiger partial charge < -0.3 is 10.1 Å². The van der Waals surface area contributed by atoms with Crippen LogP contribution < -0.4 is 10.9 Å². The lowest BCUT2D eigenvalue weighted by atomic mass is 10.0. The van der Waals surface area contributed by atoms with E-state index in [1.165, 1.54) is 12.1 Å². The molecule has 7 nitrogen and oxygen atoms in total. The molecule has 3 rings (SSSR count). The van der Waals surface area contributed by atoms with Gasteiger partial charge in [0.15, 0.2) is 0 Å². The van der Waals surface area contributed by atoms with Crippen molar-refractivity contribution >= 4 is 5.91 Å². The normalized spacial score (nSPS) is 16.5. The SMILES string of the molecule is O=C(NC[C@H](c1ccccc1)N1CCOCC1)c1ccc(=O)[nH]n1. The van der Waals surface area contributed by atoms with Crippen molar-refractivity contribution in [3.05, 3.63) is 64.1 Å². The third kappa shape index (κ3) is 4.06. The smallest absolute Gasteiger partial charge is 0.271 e. The summed E-state index contributed by atoms with van der Waals surface area (Å²) in [6, 6.07) is 12.9. The van der Waals surface area contributed by atoms with Crippen molar-refractivity contribution < 1.29 is 9.53 Å². The molecule has 0 unspecified atom stereocenters. The zero-order valence-electron chi connectivity index (χ0n) is 13.3. The Morgan fingerprint density at radius 2 is 1.96 bits per heavy atom. The minimum atomic E-state index is -0.331. The molecule has 2 N–H and O–H groups in total. The number of amides is 1. The van der Waals surface area contributed by atoms with Crippen LogP contribution in [0.5, 0.6) is 0 Å². The van der Waals surface area contributed by atoms with E-state index in [9.17, 15) is 9.59 Å². The third-order valence-electron chi connectivity index (χ3n) is 4.04. The van der Waals surface area contributed by atoms with E-state index < -0.39 is 0 Å². The van der Waals surface area contributed by atoms with Gasteiger partial charge in [0.2, 0.25) is 0 Å². The highest BCUT2D eigenvalue weighted by Crippen LogP contribution is 2.21. The summed E-state index contributed by atoms with van der Waals surface area (Å²) >= 11 is 0. The van der Waals surface area contributed by atoms with Crippen LogP contribution in [0.3, 0.4) is 0 Å². The second kappa shape index (κ2) is 7.85. The molecule has 7 heteroatoms. The Balaban J connectivity index is 1.70. The first-order chi connectivity index (χ1) is 11.7. The summed E-state index contributed by atoms with van der Waals surface area (Å²) in [6.07, 6.45) is 0.